The SMILES string of the molecule is O=C(O)c1ccc(C(=O)Nc2ccc3c(n2)N(C(=O)Nc2ccccc2)CCO3)cc1. The van der Waals surface area contributed by atoms with Crippen LogP contribution in [0.2, 0.25) is 0 Å². The number of urea groups is 1. The molecule has 0 unspecified atom stereocenters. The number of amides is 3. The minimum absolute atomic E-state index is 0.0840. The van der Waals surface area contributed by atoms with Crippen LogP contribution >= 0.6 is 0 Å². The first-order chi connectivity index (χ1) is 15.0. The predicted molar refractivity (Wildman–Crippen MR) is 114 cm³/mol. The van der Waals surface area contributed by atoms with E-state index in [-0.39, 0.29) is 23.0 Å². The third-order valence-corrected chi connectivity index (χ3v) is 4.57. The molecule has 0 radical (unpaired) electrons. The zero-order valence-corrected chi connectivity index (χ0v) is 16.2. The van der Waals surface area contributed by atoms with Gasteiger partial charge in [0.05, 0.1) is 12.1 Å². The first-order valence-electron chi connectivity index (χ1n) is 9.43. The third-order valence-electron chi connectivity index (χ3n) is 4.57. The molecule has 1 aliphatic heterocycles. The summed E-state index contributed by atoms with van der Waals surface area (Å²) in [5, 5.41) is 14.4. The molecule has 0 aliphatic carbocycles. The second kappa shape index (κ2) is 8.54. The van der Waals surface area contributed by atoms with Crippen LogP contribution in [-0.2, 0) is 0 Å². The van der Waals surface area contributed by atoms with Crippen LogP contribution in [0.25, 0.3) is 0 Å². The summed E-state index contributed by atoms with van der Waals surface area (Å²) in [6.45, 7) is 0.616. The number of benzene rings is 2. The summed E-state index contributed by atoms with van der Waals surface area (Å²) < 4.78 is 5.58. The normalized spacial score (nSPS) is 12.3. The molecule has 3 N–H and O–H groups in total. The molecular weight excluding hydrogens is 400 g/mol. The molecule has 0 bridgehead atoms. The first kappa shape index (κ1) is 19.9. The van der Waals surface area contributed by atoms with E-state index in [4.69, 9.17) is 9.84 Å². The Balaban J connectivity index is 1.52. The Kier molecular flexibility index (Phi) is 5.48. The van der Waals surface area contributed by atoms with Gasteiger partial charge in [-0.15, -0.1) is 0 Å². The zero-order valence-electron chi connectivity index (χ0n) is 16.2. The Labute approximate surface area is 177 Å². The molecule has 9 heteroatoms. The lowest BCUT2D eigenvalue weighted by molar-refractivity contribution is 0.0696. The number of rotatable bonds is 4. The van der Waals surface area contributed by atoms with E-state index in [0.717, 1.165) is 0 Å². The lowest BCUT2D eigenvalue weighted by Gasteiger charge is -2.28. The number of hydrogen-bond donors (Lipinski definition) is 3. The molecule has 0 atom stereocenters. The van der Waals surface area contributed by atoms with Crippen molar-refractivity contribution < 1.29 is 24.2 Å². The molecule has 4 rings (SSSR count). The Morgan fingerprint density at radius 1 is 0.903 bits per heavy atom. The molecule has 1 aliphatic rings. The smallest absolute Gasteiger partial charge is 0.335 e. The number of ether oxygens (including phenoxy) is 1. The van der Waals surface area contributed by atoms with E-state index < -0.39 is 11.9 Å². The van der Waals surface area contributed by atoms with Crippen molar-refractivity contribution in [3.8, 4) is 5.75 Å². The molecule has 31 heavy (non-hydrogen) atoms. The van der Waals surface area contributed by atoms with E-state index in [1.807, 2.05) is 18.2 Å². The van der Waals surface area contributed by atoms with Crippen LogP contribution in [0.5, 0.6) is 5.75 Å². The molecule has 3 amide bonds. The average Bonchev–Trinajstić information content (AvgIpc) is 2.79. The van der Waals surface area contributed by atoms with Crippen molar-refractivity contribution in [3.05, 3.63) is 77.9 Å². The topological polar surface area (TPSA) is 121 Å². The Morgan fingerprint density at radius 3 is 2.32 bits per heavy atom. The Hall–Kier alpha value is -4.40. The Bertz CT molecular complexity index is 1130. The maximum absolute atomic E-state index is 12.8. The number of anilines is 3. The summed E-state index contributed by atoms with van der Waals surface area (Å²) in [4.78, 5) is 42.0. The van der Waals surface area contributed by atoms with Gasteiger partial charge in [-0.1, -0.05) is 18.2 Å². The summed E-state index contributed by atoms with van der Waals surface area (Å²) in [6.07, 6.45) is 0. The largest absolute Gasteiger partial charge is 0.488 e. The number of pyridine rings is 1. The quantitative estimate of drug-likeness (QED) is 0.597. The molecule has 0 saturated carbocycles. The van der Waals surface area contributed by atoms with E-state index >= 15 is 0 Å². The van der Waals surface area contributed by atoms with Crippen LogP contribution in [0.4, 0.5) is 22.1 Å². The van der Waals surface area contributed by atoms with Crippen molar-refractivity contribution in [3.63, 3.8) is 0 Å². The van der Waals surface area contributed by atoms with Crippen LogP contribution in [0, 0.1) is 0 Å². The fourth-order valence-electron chi connectivity index (χ4n) is 3.03. The molecule has 0 spiro atoms. The minimum atomic E-state index is -1.07. The van der Waals surface area contributed by atoms with Crippen LogP contribution in [0.3, 0.4) is 0 Å². The van der Waals surface area contributed by atoms with Gasteiger partial charge in [0.2, 0.25) is 0 Å². The fraction of sp³-hybridized carbons (Fsp3) is 0.0909. The molecule has 3 aromatic rings. The maximum atomic E-state index is 12.8. The van der Waals surface area contributed by atoms with E-state index in [9.17, 15) is 14.4 Å². The highest BCUT2D eigenvalue weighted by Crippen LogP contribution is 2.31. The average molecular weight is 418 g/mol. The van der Waals surface area contributed by atoms with Gasteiger partial charge < -0.3 is 20.5 Å². The number of hydrogen-bond acceptors (Lipinski definition) is 5. The number of nitrogens with one attached hydrogen (secondary N) is 2. The summed E-state index contributed by atoms with van der Waals surface area (Å²) in [5.41, 5.74) is 1.01. The van der Waals surface area contributed by atoms with Crippen LogP contribution < -0.4 is 20.3 Å². The summed E-state index contributed by atoms with van der Waals surface area (Å²) in [5.74, 6) is -0.579. The molecule has 9 nitrogen and oxygen atoms in total. The molecule has 156 valence electrons. The van der Waals surface area contributed by atoms with Crippen LogP contribution in [0.1, 0.15) is 20.7 Å². The van der Waals surface area contributed by atoms with Gasteiger partial charge in [0.15, 0.2) is 11.6 Å². The lowest BCUT2D eigenvalue weighted by Crippen LogP contribution is -2.41. The number of para-hydroxylation sites is 1. The highest BCUT2D eigenvalue weighted by Gasteiger charge is 2.26. The van der Waals surface area contributed by atoms with E-state index in [0.29, 0.717) is 30.4 Å². The minimum Gasteiger partial charge on any atom is -0.488 e. The monoisotopic (exact) mass is 418 g/mol. The van der Waals surface area contributed by atoms with E-state index in [1.54, 1.807) is 24.3 Å². The number of nitrogens with zero attached hydrogens (tertiary/aromatic N) is 2. The van der Waals surface area contributed by atoms with E-state index in [2.05, 4.69) is 15.6 Å². The molecule has 2 heterocycles. The summed E-state index contributed by atoms with van der Waals surface area (Å²) in [6, 6.07) is 17.4. The first-order valence-corrected chi connectivity index (χ1v) is 9.43. The highest BCUT2D eigenvalue weighted by molar-refractivity contribution is 6.05. The van der Waals surface area contributed by atoms with Crippen molar-refractivity contribution in [2.75, 3.05) is 28.7 Å². The van der Waals surface area contributed by atoms with Gasteiger partial charge in [-0.2, -0.15) is 0 Å². The van der Waals surface area contributed by atoms with Crippen LogP contribution in [-0.4, -0.2) is 41.1 Å². The van der Waals surface area contributed by atoms with Gasteiger partial charge in [0.1, 0.15) is 12.4 Å². The van der Waals surface area contributed by atoms with Crippen molar-refractivity contribution in [1.82, 2.24) is 4.98 Å². The predicted octanol–water partition coefficient (Wildman–Crippen LogP) is 3.46. The van der Waals surface area contributed by atoms with Gasteiger partial charge in [0, 0.05) is 11.3 Å². The van der Waals surface area contributed by atoms with Crippen LogP contribution in [0.15, 0.2) is 66.7 Å². The van der Waals surface area contributed by atoms with Crippen molar-refractivity contribution >= 4 is 35.2 Å². The second-order valence-corrected chi connectivity index (χ2v) is 6.65. The van der Waals surface area contributed by atoms with E-state index in [1.165, 1.54) is 29.2 Å². The number of aromatic nitrogens is 1. The molecule has 0 fully saturated rings. The number of carbonyl (C=O) groups excluding carboxylic acids is 2. The number of carboxylic acid groups (broad SMARTS) is 1. The van der Waals surface area contributed by atoms with Gasteiger partial charge in [0.25, 0.3) is 5.91 Å². The maximum Gasteiger partial charge on any atom is 0.335 e. The second-order valence-electron chi connectivity index (χ2n) is 6.65. The summed E-state index contributed by atoms with van der Waals surface area (Å²) >= 11 is 0. The standard InChI is InChI=1S/C22H18N4O5/c27-20(14-6-8-15(9-7-14)21(28)29)25-18-11-10-17-19(24-18)26(12-13-31-17)22(30)23-16-4-2-1-3-5-16/h1-11H,12-13H2,(H,23,30)(H,28,29)(H,24,25,27). The molecule has 1 aromatic heterocycles. The van der Waals surface area contributed by atoms with Crippen molar-refractivity contribution in [2.24, 2.45) is 0 Å². The van der Waals surface area contributed by atoms with Gasteiger partial charge in [-0.25, -0.2) is 14.6 Å². The number of carboxylic acids is 1. The molecule has 2 aromatic carbocycles. The van der Waals surface area contributed by atoms with Gasteiger partial charge in [-0.05, 0) is 48.5 Å². The number of carbonyl (C=O) groups is 3. The number of fused-ring (bicyclic) bond motifs is 1. The lowest BCUT2D eigenvalue weighted by atomic mass is 10.1. The Morgan fingerprint density at radius 2 is 1.61 bits per heavy atom. The highest BCUT2D eigenvalue weighted by atomic mass is 16.5. The molecular formula is C22H18N4O5. The third kappa shape index (κ3) is 4.45. The number of aromatic carboxylic acids is 1. The van der Waals surface area contributed by atoms with Crippen molar-refractivity contribution in [1.29, 1.82) is 0 Å². The summed E-state index contributed by atoms with van der Waals surface area (Å²) in [7, 11) is 0. The van der Waals surface area contributed by atoms with Crippen molar-refractivity contribution in [2.45, 2.75) is 0 Å². The van der Waals surface area contributed by atoms with Gasteiger partial charge in [-0.3, -0.25) is 9.69 Å². The molecule has 0 saturated heterocycles. The fourth-order valence-corrected chi connectivity index (χ4v) is 3.03. The van der Waals surface area contributed by atoms with Gasteiger partial charge >= 0.3 is 12.0 Å². The zero-order chi connectivity index (χ0) is 21.8.